The molecule has 0 atom stereocenters. The number of halogens is 1. The van der Waals surface area contributed by atoms with Crippen LogP contribution in [-0.2, 0) is 9.72 Å². The van der Waals surface area contributed by atoms with E-state index in [2.05, 4.69) is 89.8 Å². The third-order valence-electron chi connectivity index (χ3n) is 7.27. The van der Waals surface area contributed by atoms with Gasteiger partial charge in [0, 0.05) is 10.6 Å². The van der Waals surface area contributed by atoms with Crippen LogP contribution in [0, 0.1) is 0 Å². The SMILES string of the molecule is Cl.O=P(c1ccccc1)(c1ccccc1)C(CCN1CCCC1)(c1ccccc1)c1ccccc1. The Morgan fingerprint density at radius 3 is 1.37 bits per heavy atom. The molecule has 0 aromatic heterocycles. The number of likely N-dealkylation sites (tertiary alicyclic amines) is 1. The quantitative estimate of drug-likeness (QED) is 0.246. The van der Waals surface area contributed by atoms with Crippen molar-refractivity contribution in [2.75, 3.05) is 19.6 Å². The average molecular weight is 502 g/mol. The first-order valence-electron chi connectivity index (χ1n) is 12.3. The maximum absolute atomic E-state index is 16.0. The topological polar surface area (TPSA) is 20.3 Å². The second-order valence-electron chi connectivity index (χ2n) is 9.17. The van der Waals surface area contributed by atoms with Crippen molar-refractivity contribution in [1.82, 2.24) is 4.90 Å². The second-order valence-corrected chi connectivity index (χ2v) is 12.2. The molecule has 1 aliphatic heterocycles. The lowest BCUT2D eigenvalue weighted by atomic mass is 9.87. The van der Waals surface area contributed by atoms with Gasteiger partial charge >= 0.3 is 0 Å². The molecule has 35 heavy (non-hydrogen) atoms. The third-order valence-corrected chi connectivity index (χ3v) is 11.1. The monoisotopic (exact) mass is 501 g/mol. The van der Waals surface area contributed by atoms with E-state index in [1.807, 2.05) is 36.4 Å². The molecule has 0 unspecified atom stereocenters. The van der Waals surface area contributed by atoms with Gasteiger partial charge in [-0.15, -0.1) is 12.4 Å². The van der Waals surface area contributed by atoms with Crippen LogP contribution in [0.4, 0.5) is 0 Å². The Morgan fingerprint density at radius 1 is 0.600 bits per heavy atom. The minimum Gasteiger partial charge on any atom is -0.312 e. The van der Waals surface area contributed by atoms with Crippen LogP contribution in [0.3, 0.4) is 0 Å². The van der Waals surface area contributed by atoms with E-state index in [0.717, 1.165) is 47.8 Å². The molecule has 0 amide bonds. The third kappa shape index (κ3) is 4.76. The summed E-state index contributed by atoms with van der Waals surface area (Å²) in [7, 11) is -3.19. The lowest BCUT2D eigenvalue weighted by molar-refractivity contribution is 0.319. The highest BCUT2D eigenvalue weighted by Crippen LogP contribution is 2.66. The Morgan fingerprint density at radius 2 is 0.971 bits per heavy atom. The standard InChI is InChI=1S/C31H32NOP.ClH/c33-34(29-19-9-3-10-20-29,30-21-11-4-12-22-30)31(27-15-5-1-6-16-27,28-17-7-2-8-18-28)23-26-32-24-13-14-25-32;/h1-12,15-22H,13-14,23-26H2;1H. The van der Waals surface area contributed by atoms with Crippen LogP contribution >= 0.6 is 19.5 Å². The van der Waals surface area contributed by atoms with Gasteiger partial charge in [0.25, 0.3) is 0 Å². The molecule has 1 aliphatic rings. The van der Waals surface area contributed by atoms with Crippen LogP contribution in [0.15, 0.2) is 121 Å². The molecule has 0 N–H and O–H groups in total. The van der Waals surface area contributed by atoms with Crippen molar-refractivity contribution in [3.05, 3.63) is 132 Å². The van der Waals surface area contributed by atoms with Gasteiger partial charge in [-0.3, -0.25) is 0 Å². The molecule has 1 heterocycles. The maximum Gasteiger partial charge on any atom is 0.157 e. The van der Waals surface area contributed by atoms with Crippen molar-refractivity contribution in [3.63, 3.8) is 0 Å². The number of benzene rings is 4. The summed E-state index contributed by atoms with van der Waals surface area (Å²) < 4.78 is 16.0. The molecular formula is C31H33ClNOP. The second kappa shape index (κ2) is 11.4. The molecule has 0 aliphatic carbocycles. The van der Waals surface area contributed by atoms with Gasteiger partial charge in [0.1, 0.15) is 0 Å². The van der Waals surface area contributed by atoms with E-state index in [1.54, 1.807) is 0 Å². The summed E-state index contributed by atoms with van der Waals surface area (Å²) in [5.74, 6) is 0. The van der Waals surface area contributed by atoms with Gasteiger partial charge in [-0.1, -0.05) is 121 Å². The van der Waals surface area contributed by atoms with E-state index < -0.39 is 12.3 Å². The molecule has 4 heteroatoms. The van der Waals surface area contributed by atoms with Gasteiger partial charge in [0.2, 0.25) is 0 Å². The Kier molecular flexibility index (Phi) is 8.29. The molecule has 0 saturated carbocycles. The lowest BCUT2D eigenvalue weighted by Gasteiger charge is -2.43. The minimum atomic E-state index is -3.19. The first-order valence-corrected chi connectivity index (χ1v) is 14.0. The summed E-state index contributed by atoms with van der Waals surface area (Å²) >= 11 is 0. The molecule has 0 spiro atoms. The molecule has 5 rings (SSSR count). The van der Waals surface area contributed by atoms with Gasteiger partial charge in [-0.05, 0) is 50.0 Å². The summed E-state index contributed by atoms with van der Waals surface area (Å²) in [6.07, 6.45) is 3.29. The molecule has 4 aromatic rings. The largest absolute Gasteiger partial charge is 0.312 e. The van der Waals surface area contributed by atoms with Crippen LogP contribution in [0.25, 0.3) is 0 Å². The highest BCUT2D eigenvalue weighted by molar-refractivity contribution is 7.80. The average Bonchev–Trinajstić information content (AvgIpc) is 3.45. The van der Waals surface area contributed by atoms with Crippen LogP contribution in [0.1, 0.15) is 30.4 Å². The molecule has 2 nitrogen and oxygen atoms in total. The van der Waals surface area contributed by atoms with Gasteiger partial charge in [-0.2, -0.15) is 0 Å². The fourth-order valence-electron chi connectivity index (χ4n) is 5.60. The minimum absolute atomic E-state index is 0. The molecule has 0 radical (unpaired) electrons. The van der Waals surface area contributed by atoms with Crippen LogP contribution in [-0.4, -0.2) is 24.5 Å². The van der Waals surface area contributed by atoms with Crippen molar-refractivity contribution >= 4 is 30.2 Å². The van der Waals surface area contributed by atoms with E-state index in [0.29, 0.717) is 0 Å². The Hall–Kier alpha value is -2.64. The number of nitrogens with zero attached hydrogens (tertiary/aromatic N) is 1. The number of rotatable bonds is 8. The number of hydrogen-bond donors (Lipinski definition) is 0. The van der Waals surface area contributed by atoms with Crippen molar-refractivity contribution in [3.8, 4) is 0 Å². The van der Waals surface area contributed by atoms with Crippen LogP contribution < -0.4 is 10.6 Å². The molecular weight excluding hydrogens is 469 g/mol. The Labute approximate surface area is 215 Å². The van der Waals surface area contributed by atoms with Crippen molar-refractivity contribution in [2.24, 2.45) is 0 Å². The molecule has 1 fully saturated rings. The summed E-state index contributed by atoms with van der Waals surface area (Å²) in [5, 5.41) is 1.14. The van der Waals surface area contributed by atoms with Gasteiger partial charge in [0.05, 0.1) is 5.16 Å². The zero-order valence-corrected chi connectivity index (χ0v) is 21.7. The summed E-state index contributed by atoms with van der Waals surface area (Å²) in [6, 6.07) is 41.5. The summed E-state index contributed by atoms with van der Waals surface area (Å²) in [4.78, 5) is 2.54. The molecule has 180 valence electrons. The Balaban J connectivity index is 0.00000289. The van der Waals surface area contributed by atoms with Gasteiger partial charge in [0.15, 0.2) is 7.14 Å². The van der Waals surface area contributed by atoms with Crippen LogP contribution in [0.5, 0.6) is 0 Å². The first kappa shape index (κ1) is 25.5. The van der Waals surface area contributed by atoms with Crippen molar-refractivity contribution in [1.29, 1.82) is 0 Å². The van der Waals surface area contributed by atoms with E-state index in [9.17, 15) is 0 Å². The zero-order valence-electron chi connectivity index (χ0n) is 20.0. The Bertz CT molecular complexity index is 1140. The van der Waals surface area contributed by atoms with E-state index >= 15 is 4.57 Å². The van der Waals surface area contributed by atoms with Gasteiger partial charge in [-0.25, -0.2) is 0 Å². The lowest BCUT2D eigenvalue weighted by Crippen LogP contribution is -2.40. The fraction of sp³-hybridized carbons (Fsp3) is 0.226. The van der Waals surface area contributed by atoms with E-state index in [-0.39, 0.29) is 12.4 Å². The summed E-state index contributed by atoms with van der Waals surface area (Å²) in [6.45, 7) is 3.18. The summed E-state index contributed by atoms with van der Waals surface area (Å²) in [5.41, 5.74) is 2.24. The predicted molar refractivity (Wildman–Crippen MR) is 151 cm³/mol. The molecule has 0 bridgehead atoms. The van der Waals surface area contributed by atoms with Crippen LogP contribution in [0.2, 0.25) is 0 Å². The predicted octanol–water partition coefficient (Wildman–Crippen LogP) is 6.85. The first-order chi connectivity index (χ1) is 16.7. The molecule has 4 aromatic carbocycles. The van der Waals surface area contributed by atoms with Crippen molar-refractivity contribution in [2.45, 2.75) is 24.4 Å². The maximum atomic E-state index is 16.0. The normalized spacial score (nSPS) is 14.4. The molecule has 1 saturated heterocycles. The highest BCUT2D eigenvalue weighted by atomic mass is 35.5. The van der Waals surface area contributed by atoms with Crippen molar-refractivity contribution < 1.29 is 4.57 Å². The highest BCUT2D eigenvalue weighted by Gasteiger charge is 2.52. The van der Waals surface area contributed by atoms with E-state index in [4.69, 9.17) is 0 Å². The number of hydrogen-bond acceptors (Lipinski definition) is 2. The zero-order chi connectivity index (χ0) is 23.3. The van der Waals surface area contributed by atoms with E-state index in [1.165, 1.54) is 12.8 Å². The fourth-order valence-corrected chi connectivity index (χ4v) is 9.40. The van der Waals surface area contributed by atoms with Gasteiger partial charge < -0.3 is 9.46 Å². The smallest absolute Gasteiger partial charge is 0.157 e.